The van der Waals surface area contributed by atoms with E-state index in [1.54, 1.807) is 6.08 Å². The molecule has 396 valence electrons. The van der Waals surface area contributed by atoms with Gasteiger partial charge in [0.1, 0.15) is 24.4 Å². The van der Waals surface area contributed by atoms with Crippen molar-refractivity contribution in [2.75, 3.05) is 13.2 Å². The van der Waals surface area contributed by atoms with Crippen molar-refractivity contribution in [3.05, 3.63) is 60.8 Å². The second kappa shape index (κ2) is 48.5. The number of unbranched alkanes of at least 4 members (excludes halogenated alkanes) is 30. The van der Waals surface area contributed by atoms with Crippen molar-refractivity contribution in [2.24, 2.45) is 0 Å². The average Bonchev–Trinajstić information content (AvgIpc) is 3.34. The topological polar surface area (TPSA) is 149 Å². The number of aliphatic hydroxyl groups is 5. The molecule has 1 saturated heterocycles. The summed E-state index contributed by atoms with van der Waals surface area (Å²) in [6.45, 7) is 3.75. The Balaban J connectivity index is 2.21. The van der Waals surface area contributed by atoms with E-state index in [0.717, 1.165) is 57.8 Å². The van der Waals surface area contributed by atoms with Gasteiger partial charge in [-0.25, -0.2) is 0 Å². The molecule has 0 bridgehead atoms. The number of carbonyl (C=O) groups is 1. The van der Waals surface area contributed by atoms with Gasteiger partial charge in [-0.2, -0.15) is 0 Å². The molecule has 1 aliphatic rings. The van der Waals surface area contributed by atoms with E-state index in [2.05, 4.69) is 67.8 Å². The normalized spacial score (nSPS) is 20.0. The van der Waals surface area contributed by atoms with Crippen LogP contribution in [-0.2, 0) is 14.3 Å². The zero-order valence-corrected chi connectivity index (χ0v) is 43.9. The van der Waals surface area contributed by atoms with Crippen LogP contribution >= 0.6 is 0 Å². The summed E-state index contributed by atoms with van der Waals surface area (Å²) in [7, 11) is 0. The van der Waals surface area contributed by atoms with Crippen LogP contribution < -0.4 is 5.32 Å². The number of ether oxygens (including phenoxy) is 2. The van der Waals surface area contributed by atoms with Gasteiger partial charge in [0.05, 0.1) is 25.4 Å². The molecule has 9 nitrogen and oxygen atoms in total. The minimum Gasteiger partial charge on any atom is -0.394 e. The van der Waals surface area contributed by atoms with E-state index in [9.17, 15) is 30.3 Å². The van der Waals surface area contributed by atoms with Crippen LogP contribution in [0.15, 0.2) is 60.8 Å². The second-order valence-corrected chi connectivity index (χ2v) is 19.7. The number of carbonyl (C=O) groups excluding carboxylic acids is 1. The van der Waals surface area contributed by atoms with Crippen LogP contribution in [-0.4, -0.2) is 87.5 Å². The predicted octanol–water partition coefficient (Wildman–Crippen LogP) is 13.9. The highest BCUT2D eigenvalue weighted by atomic mass is 16.7. The first-order valence-corrected chi connectivity index (χ1v) is 28.5. The molecule has 1 aliphatic heterocycles. The number of aliphatic hydroxyl groups excluding tert-OH is 5. The van der Waals surface area contributed by atoms with Gasteiger partial charge < -0.3 is 40.3 Å². The summed E-state index contributed by atoms with van der Waals surface area (Å²) in [5, 5.41) is 54.4. The van der Waals surface area contributed by atoms with Crippen molar-refractivity contribution in [1.82, 2.24) is 5.32 Å². The zero-order chi connectivity index (χ0) is 49.4. The quantitative estimate of drug-likeness (QED) is 0.0261. The molecule has 0 aromatic carbocycles. The molecule has 1 fully saturated rings. The third kappa shape index (κ3) is 37.7. The van der Waals surface area contributed by atoms with Crippen LogP contribution in [0.2, 0.25) is 0 Å². The molecule has 0 saturated carbocycles. The lowest BCUT2D eigenvalue weighted by Crippen LogP contribution is -2.60. The lowest BCUT2D eigenvalue weighted by Gasteiger charge is -2.40. The zero-order valence-electron chi connectivity index (χ0n) is 43.9. The van der Waals surface area contributed by atoms with Crippen LogP contribution in [0.3, 0.4) is 0 Å². The average molecular weight is 959 g/mol. The van der Waals surface area contributed by atoms with Gasteiger partial charge >= 0.3 is 0 Å². The molecule has 1 amide bonds. The maximum atomic E-state index is 13.0. The Bertz CT molecular complexity index is 1250. The fraction of sp³-hybridized carbons (Fsp3) is 0.814. The van der Waals surface area contributed by atoms with E-state index >= 15 is 0 Å². The highest BCUT2D eigenvalue weighted by Gasteiger charge is 2.44. The Labute approximate surface area is 417 Å². The van der Waals surface area contributed by atoms with E-state index in [-0.39, 0.29) is 12.5 Å². The first-order valence-electron chi connectivity index (χ1n) is 28.5. The molecule has 1 rings (SSSR count). The lowest BCUT2D eigenvalue weighted by atomic mass is 9.99. The van der Waals surface area contributed by atoms with E-state index in [0.29, 0.717) is 6.42 Å². The van der Waals surface area contributed by atoms with Crippen LogP contribution in [0, 0.1) is 0 Å². The molecule has 1 heterocycles. The summed E-state index contributed by atoms with van der Waals surface area (Å²) in [6, 6.07) is -0.830. The third-order valence-electron chi connectivity index (χ3n) is 13.3. The molecule has 68 heavy (non-hydrogen) atoms. The maximum absolute atomic E-state index is 13.0. The van der Waals surface area contributed by atoms with Crippen molar-refractivity contribution < 1.29 is 39.8 Å². The van der Waals surface area contributed by atoms with Gasteiger partial charge in [0, 0.05) is 6.42 Å². The number of nitrogens with one attached hydrogen (secondary N) is 1. The van der Waals surface area contributed by atoms with E-state index in [1.807, 2.05) is 6.08 Å². The number of allylic oxidation sites excluding steroid dienone is 9. The Kier molecular flexibility index (Phi) is 45.6. The SMILES string of the molecule is CCCCCCCC/C=C/CC/C=C/CC/C=C/C(O)C(COC1OC(CO)C(O)C(O)C1O)NC(=O)CCCCCCCCCCCCCCC/C=C\C/C=C\CCCCCCCCCCC. The van der Waals surface area contributed by atoms with Gasteiger partial charge in [0.2, 0.25) is 5.91 Å². The minimum atomic E-state index is -1.58. The Morgan fingerprint density at radius 2 is 0.882 bits per heavy atom. The molecule has 9 heteroatoms. The largest absolute Gasteiger partial charge is 0.394 e. The van der Waals surface area contributed by atoms with Gasteiger partial charge in [-0.15, -0.1) is 0 Å². The first kappa shape index (κ1) is 63.9. The molecule has 0 aromatic rings. The van der Waals surface area contributed by atoms with Gasteiger partial charge in [-0.05, 0) is 77.0 Å². The van der Waals surface area contributed by atoms with E-state index < -0.39 is 49.5 Å². The smallest absolute Gasteiger partial charge is 0.220 e. The molecular formula is C59H107NO8. The lowest BCUT2D eigenvalue weighted by molar-refractivity contribution is -0.302. The van der Waals surface area contributed by atoms with Crippen LogP contribution in [0.5, 0.6) is 0 Å². The highest BCUT2D eigenvalue weighted by molar-refractivity contribution is 5.76. The summed E-state index contributed by atoms with van der Waals surface area (Å²) >= 11 is 0. The number of rotatable bonds is 48. The second-order valence-electron chi connectivity index (χ2n) is 19.7. The van der Waals surface area contributed by atoms with Crippen molar-refractivity contribution in [3.63, 3.8) is 0 Å². The predicted molar refractivity (Wildman–Crippen MR) is 286 cm³/mol. The number of amides is 1. The molecule has 7 unspecified atom stereocenters. The monoisotopic (exact) mass is 958 g/mol. The Morgan fingerprint density at radius 3 is 1.32 bits per heavy atom. The summed E-state index contributed by atoms with van der Waals surface area (Å²) in [5.41, 5.74) is 0. The summed E-state index contributed by atoms with van der Waals surface area (Å²) in [6.07, 6.45) is 58.6. The van der Waals surface area contributed by atoms with E-state index in [4.69, 9.17) is 9.47 Å². The van der Waals surface area contributed by atoms with Gasteiger partial charge in [-0.1, -0.05) is 229 Å². The molecule has 0 aliphatic carbocycles. The van der Waals surface area contributed by atoms with Crippen LogP contribution in [0.1, 0.15) is 251 Å². The Morgan fingerprint density at radius 1 is 0.500 bits per heavy atom. The molecule has 0 radical (unpaired) electrons. The standard InChI is InChI=1S/C59H107NO8/c1-3-5-7-9-11-13-15-17-19-21-22-23-24-25-26-27-28-29-30-31-32-33-35-37-39-41-43-45-47-49-55(63)60-52(51-67-59-58(66)57(65)56(64)54(50-61)68-59)53(62)48-46-44-42-40-38-36-34-20-18-16-14-12-10-8-6-4-2/h18,20,22-23,25-26,38,40,46,48,52-54,56-59,61-62,64-66H,3-17,19,21,24,27-37,39,41-45,47,49-51H2,1-2H3,(H,60,63)/b20-18+,23-22-,26-25-,40-38+,48-46+. The van der Waals surface area contributed by atoms with Gasteiger partial charge in [-0.3, -0.25) is 4.79 Å². The van der Waals surface area contributed by atoms with Crippen molar-refractivity contribution in [2.45, 2.75) is 294 Å². The first-order chi connectivity index (χ1) is 33.3. The van der Waals surface area contributed by atoms with Crippen molar-refractivity contribution in [3.8, 4) is 0 Å². The molecule has 6 N–H and O–H groups in total. The van der Waals surface area contributed by atoms with Crippen molar-refractivity contribution >= 4 is 5.91 Å². The highest BCUT2D eigenvalue weighted by Crippen LogP contribution is 2.23. The van der Waals surface area contributed by atoms with Crippen LogP contribution in [0.4, 0.5) is 0 Å². The molecule has 0 spiro atoms. The summed E-state index contributed by atoms with van der Waals surface area (Å²) < 4.78 is 11.2. The molecule has 7 atom stereocenters. The summed E-state index contributed by atoms with van der Waals surface area (Å²) in [5.74, 6) is -0.192. The molecular weight excluding hydrogens is 851 g/mol. The maximum Gasteiger partial charge on any atom is 0.220 e. The number of hydrogen-bond acceptors (Lipinski definition) is 8. The van der Waals surface area contributed by atoms with Gasteiger partial charge in [0.15, 0.2) is 6.29 Å². The van der Waals surface area contributed by atoms with E-state index in [1.165, 1.54) is 173 Å². The van der Waals surface area contributed by atoms with Crippen molar-refractivity contribution in [1.29, 1.82) is 0 Å². The number of hydrogen-bond donors (Lipinski definition) is 6. The fourth-order valence-electron chi connectivity index (χ4n) is 8.75. The van der Waals surface area contributed by atoms with Gasteiger partial charge in [0.25, 0.3) is 0 Å². The fourth-order valence-corrected chi connectivity index (χ4v) is 8.75. The van der Waals surface area contributed by atoms with Crippen LogP contribution in [0.25, 0.3) is 0 Å². The minimum absolute atomic E-state index is 0.192. The Hall–Kier alpha value is -2.11. The molecule has 0 aromatic heterocycles. The summed E-state index contributed by atoms with van der Waals surface area (Å²) in [4.78, 5) is 13.0. The third-order valence-corrected chi connectivity index (χ3v) is 13.3.